The smallest absolute Gasteiger partial charge is 0.0195 e. The van der Waals surface area contributed by atoms with Gasteiger partial charge in [-0.3, -0.25) is 4.90 Å². The highest BCUT2D eigenvalue weighted by molar-refractivity contribution is 4.90. The molecule has 4 fully saturated rings. The van der Waals surface area contributed by atoms with E-state index in [-0.39, 0.29) is 0 Å². The maximum atomic E-state index is 3.68. The molecule has 0 unspecified atom stereocenters. The molecule has 0 aromatic heterocycles. The Morgan fingerprint density at radius 2 is 1.87 bits per heavy atom. The van der Waals surface area contributed by atoms with Crippen molar-refractivity contribution < 1.29 is 0 Å². The van der Waals surface area contributed by atoms with Crippen LogP contribution >= 0.6 is 0 Å². The second kappa shape index (κ2) is 4.42. The molecule has 2 bridgehead atoms. The fraction of sp³-hybridized carbons (Fsp3) is 1.00. The molecule has 1 N–H and O–H groups in total. The Kier molecular flexibility index (Phi) is 2.98. The van der Waals surface area contributed by atoms with Gasteiger partial charge >= 0.3 is 0 Å². The summed E-state index contributed by atoms with van der Waals surface area (Å²) in [6, 6.07) is 1.75. The lowest BCUT2D eigenvalue weighted by atomic mass is 9.79. The molecule has 0 aromatic rings. The van der Waals surface area contributed by atoms with E-state index in [1.54, 1.807) is 0 Å². The van der Waals surface area contributed by atoms with Gasteiger partial charge in [0.2, 0.25) is 0 Å². The largest absolute Gasteiger partial charge is 0.313 e. The molecule has 3 heterocycles. The number of piperidine rings is 3. The SMILES string of the molecule is C1CC[C@@H](CN2CC3CCC2CC3)NC1. The number of fused-ring (bicyclic) bond motifs is 3. The summed E-state index contributed by atoms with van der Waals surface area (Å²) in [6.07, 6.45) is 10.2. The molecule has 1 atom stereocenters. The third kappa shape index (κ3) is 2.21. The molecule has 2 heteroatoms. The van der Waals surface area contributed by atoms with E-state index in [1.165, 1.54) is 64.6 Å². The average Bonchev–Trinajstić information content (AvgIpc) is 2.32. The molecule has 1 saturated carbocycles. The topological polar surface area (TPSA) is 15.3 Å². The molecule has 0 spiro atoms. The van der Waals surface area contributed by atoms with Gasteiger partial charge in [-0.1, -0.05) is 6.42 Å². The zero-order valence-corrected chi connectivity index (χ0v) is 9.75. The van der Waals surface area contributed by atoms with Gasteiger partial charge in [-0.05, 0) is 51.0 Å². The molecule has 4 rings (SSSR count). The zero-order valence-electron chi connectivity index (χ0n) is 9.75. The minimum absolute atomic E-state index is 0.804. The first kappa shape index (κ1) is 10.1. The second-order valence-corrected chi connectivity index (χ2v) is 5.78. The lowest BCUT2D eigenvalue weighted by Gasteiger charge is -2.47. The molecule has 3 saturated heterocycles. The van der Waals surface area contributed by atoms with Crippen molar-refractivity contribution in [3.63, 3.8) is 0 Å². The van der Waals surface area contributed by atoms with Crippen LogP contribution in [0.1, 0.15) is 44.9 Å². The first-order chi connectivity index (χ1) is 7.42. The van der Waals surface area contributed by atoms with Gasteiger partial charge in [0, 0.05) is 25.2 Å². The molecule has 0 aromatic carbocycles. The fourth-order valence-electron chi connectivity index (χ4n) is 3.76. The van der Waals surface area contributed by atoms with E-state index in [9.17, 15) is 0 Å². The van der Waals surface area contributed by atoms with Gasteiger partial charge in [-0.25, -0.2) is 0 Å². The summed E-state index contributed by atoms with van der Waals surface area (Å²) in [4.78, 5) is 2.79. The third-order valence-corrected chi connectivity index (χ3v) is 4.69. The average molecular weight is 208 g/mol. The molecule has 15 heavy (non-hydrogen) atoms. The number of hydrogen-bond acceptors (Lipinski definition) is 2. The second-order valence-electron chi connectivity index (χ2n) is 5.78. The van der Waals surface area contributed by atoms with Crippen molar-refractivity contribution in [2.24, 2.45) is 5.92 Å². The Balaban J connectivity index is 1.54. The van der Waals surface area contributed by atoms with Crippen LogP contribution in [-0.2, 0) is 0 Å². The zero-order chi connectivity index (χ0) is 10.1. The predicted molar refractivity (Wildman–Crippen MR) is 63.0 cm³/mol. The summed E-state index contributed by atoms with van der Waals surface area (Å²) in [6.45, 7) is 4.00. The standard InChI is InChI=1S/C13H24N2/c1-2-8-14-12(3-1)10-15-9-11-4-6-13(15)7-5-11/h11-14H,1-10H2/t11?,12-,13?/m0/s1. The van der Waals surface area contributed by atoms with Crippen LogP contribution in [0.5, 0.6) is 0 Å². The van der Waals surface area contributed by atoms with Gasteiger partial charge in [0.15, 0.2) is 0 Å². The van der Waals surface area contributed by atoms with Crippen LogP contribution in [0.3, 0.4) is 0 Å². The molecular formula is C13H24N2. The van der Waals surface area contributed by atoms with E-state index in [4.69, 9.17) is 0 Å². The molecule has 2 nitrogen and oxygen atoms in total. The van der Waals surface area contributed by atoms with Gasteiger partial charge in [0.25, 0.3) is 0 Å². The summed E-state index contributed by atoms with van der Waals surface area (Å²) in [5.41, 5.74) is 0. The molecule has 3 aliphatic heterocycles. The minimum Gasteiger partial charge on any atom is -0.313 e. The van der Waals surface area contributed by atoms with Crippen LogP contribution in [0.15, 0.2) is 0 Å². The van der Waals surface area contributed by atoms with E-state index in [0.29, 0.717) is 0 Å². The first-order valence-electron chi connectivity index (χ1n) is 6.89. The summed E-state index contributed by atoms with van der Waals surface area (Å²) in [5.74, 6) is 1.04. The van der Waals surface area contributed by atoms with Gasteiger partial charge in [-0.2, -0.15) is 0 Å². The summed E-state index contributed by atoms with van der Waals surface area (Å²) < 4.78 is 0. The van der Waals surface area contributed by atoms with E-state index in [1.807, 2.05) is 0 Å². The van der Waals surface area contributed by atoms with Crippen molar-refractivity contribution in [1.29, 1.82) is 0 Å². The Morgan fingerprint density at radius 3 is 2.47 bits per heavy atom. The Labute approximate surface area is 93.4 Å². The van der Waals surface area contributed by atoms with Crippen LogP contribution in [0, 0.1) is 5.92 Å². The van der Waals surface area contributed by atoms with Gasteiger partial charge in [0.05, 0.1) is 0 Å². The van der Waals surface area contributed by atoms with Crippen molar-refractivity contribution in [2.45, 2.75) is 57.0 Å². The highest BCUT2D eigenvalue weighted by Gasteiger charge is 2.34. The van der Waals surface area contributed by atoms with Crippen LogP contribution in [0.4, 0.5) is 0 Å². The number of rotatable bonds is 2. The van der Waals surface area contributed by atoms with Crippen molar-refractivity contribution in [1.82, 2.24) is 10.2 Å². The number of nitrogens with zero attached hydrogens (tertiary/aromatic N) is 1. The Morgan fingerprint density at radius 1 is 1.00 bits per heavy atom. The van der Waals surface area contributed by atoms with Crippen molar-refractivity contribution in [3.8, 4) is 0 Å². The summed E-state index contributed by atoms with van der Waals surface area (Å²) >= 11 is 0. The number of hydrogen-bond donors (Lipinski definition) is 1. The van der Waals surface area contributed by atoms with Gasteiger partial charge in [0.1, 0.15) is 0 Å². The van der Waals surface area contributed by atoms with E-state index >= 15 is 0 Å². The van der Waals surface area contributed by atoms with E-state index in [0.717, 1.165) is 18.0 Å². The molecule has 1 aliphatic carbocycles. The van der Waals surface area contributed by atoms with Crippen LogP contribution in [-0.4, -0.2) is 36.6 Å². The lowest BCUT2D eigenvalue weighted by molar-refractivity contribution is 0.0387. The van der Waals surface area contributed by atoms with Crippen LogP contribution in [0.2, 0.25) is 0 Å². The Bertz CT molecular complexity index is 203. The summed E-state index contributed by atoms with van der Waals surface area (Å²) in [5, 5.41) is 3.68. The first-order valence-corrected chi connectivity index (χ1v) is 6.89. The van der Waals surface area contributed by atoms with Crippen molar-refractivity contribution >= 4 is 0 Å². The summed E-state index contributed by atoms with van der Waals surface area (Å²) in [7, 11) is 0. The Hall–Kier alpha value is -0.0800. The minimum atomic E-state index is 0.804. The maximum absolute atomic E-state index is 3.68. The number of nitrogens with one attached hydrogen (secondary N) is 1. The van der Waals surface area contributed by atoms with Gasteiger partial charge < -0.3 is 5.32 Å². The fourth-order valence-corrected chi connectivity index (χ4v) is 3.76. The monoisotopic (exact) mass is 208 g/mol. The maximum Gasteiger partial charge on any atom is 0.0195 e. The molecule has 86 valence electrons. The van der Waals surface area contributed by atoms with Crippen LogP contribution in [0.25, 0.3) is 0 Å². The van der Waals surface area contributed by atoms with E-state index in [2.05, 4.69) is 10.2 Å². The van der Waals surface area contributed by atoms with Crippen molar-refractivity contribution in [3.05, 3.63) is 0 Å². The molecule has 4 aliphatic rings. The normalized spacial score (nSPS) is 42.0. The van der Waals surface area contributed by atoms with Gasteiger partial charge in [-0.15, -0.1) is 0 Å². The molecule has 0 radical (unpaired) electrons. The van der Waals surface area contributed by atoms with Crippen LogP contribution < -0.4 is 5.32 Å². The molecule has 0 amide bonds. The van der Waals surface area contributed by atoms with Crippen molar-refractivity contribution in [2.75, 3.05) is 19.6 Å². The quantitative estimate of drug-likeness (QED) is 0.747. The third-order valence-electron chi connectivity index (χ3n) is 4.69. The van der Waals surface area contributed by atoms with E-state index < -0.39 is 0 Å². The highest BCUT2D eigenvalue weighted by Crippen LogP contribution is 2.34. The highest BCUT2D eigenvalue weighted by atomic mass is 15.2. The predicted octanol–water partition coefficient (Wildman–Crippen LogP) is 2.00. The molecular weight excluding hydrogens is 184 g/mol. The lowest BCUT2D eigenvalue weighted by Crippen LogP contribution is -2.53.